The lowest BCUT2D eigenvalue weighted by atomic mass is 9.97. The van der Waals surface area contributed by atoms with Crippen molar-refractivity contribution >= 4 is 44.9 Å². The number of para-hydroxylation sites is 1. The van der Waals surface area contributed by atoms with Crippen molar-refractivity contribution < 1.29 is 4.79 Å². The van der Waals surface area contributed by atoms with Crippen LogP contribution in [0.15, 0.2) is 59.4 Å². The van der Waals surface area contributed by atoms with Crippen LogP contribution in [0.5, 0.6) is 0 Å². The highest BCUT2D eigenvalue weighted by Crippen LogP contribution is 2.33. The predicted molar refractivity (Wildman–Crippen MR) is 138 cm³/mol. The first-order chi connectivity index (χ1) is 16.2. The van der Waals surface area contributed by atoms with E-state index in [9.17, 15) is 9.59 Å². The molecule has 5 rings (SSSR count). The number of carbonyl (C=O) groups excluding carboxylic acids is 1. The molecule has 7 heteroatoms. The fourth-order valence-electron chi connectivity index (χ4n) is 4.28. The van der Waals surface area contributed by atoms with Crippen LogP contribution in [0.1, 0.15) is 35.5 Å². The summed E-state index contributed by atoms with van der Waals surface area (Å²) in [6.45, 7) is 0. The van der Waals surface area contributed by atoms with Crippen molar-refractivity contribution in [2.24, 2.45) is 0 Å². The Balaban J connectivity index is 1.18. The summed E-state index contributed by atoms with van der Waals surface area (Å²) in [6, 6.07) is 17.9. The first kappa shape index (κ1) is 21.9. The lowest BCUT2D eigenvalue weighted by Gasteiger charge is -2.11. The minimum absolute atomic E-state index is 0.0197. The Morgan fingerprint density at radius 2 is 1.85 bits per heavy atom. The number of thiophene rings is 1. The Morgan fingerprint density at radius 1 is 1.06 bits per heavy atom. The van der Waals surface area contributed by atoms with Crippen LogP contribution in [0.2, 0.25) is 0 Å². The SMILES string of the molecule is O=C(CCSCc1nc2sc3c(c2c(=O)[nH]1)CCCC3)Nc1ccccc1-c1ccccc1. The summed E-state index contributed by atoms with van der Waals surface area (Å²) in [5.74, 6) is 1.91. The number of nitrogens with one attached hydrogen (secondary N) is 2. The normalized spacial score (nSPS) is 13.1. The number of hydrogen-bond acceptors (Lipinski definition) is 5. The number of anilines is 1. The Morgan fingerprint density at radius 3 is 2.73 bits per heavy atom. The van der Waals surface area contributed by atoms with Crippen LogP contribution in [0.25, 0.3) is 21.3 Å². The van der Waals surface area contributed by atoms with Gasteiger partial charge in [-0.15, -0.1) is 11.3 Å². The van der Waals surface area contributed by atoms with Crippen LogP contribution in [0, 0.1) is 0 Å². The zero-order valence-corrected chi connectivity index (χ0v) is 19.9. The molecule has 1 aliphatic carbocycles. The number of benzene rings is 2. The molecule has 0 spiro atoms. The monoisotopic (exact) mass is 475 g/mol. The molecule has 2 heterocycles. The van der Waals surface area contributed by atoms with Crippen molar-refractivity contribution in [3.8, 4) is 11.1 Å². The average molecular weight is 476 g/mol. The van der Waals surface area contributed by atoms with E-state index in [2.05, 4.69) is 10.3 Å². The summed E-state index contributed by atoms with van der Waals surface area (Å²) in [4.78, 5) is 35.1. The number of fused-ring (bicyclic) bond motifs is 3. The largest absolute Gasteiger partial charge is 0.325 e. The fourth-order valence-corrected chi connectivity index (χ4v) is 6.37. The molecule has 0 aliphatic heterocycles. The molecule has 4 aromatic rings. The topological polar surface area (TPSA) is 74.8 Å². The number of aromatic nitrogens is 2. The summed E-state index contributed by atoms with van der Waals surface area (Å²) in [5.41, 5.74) is 4.08. The zero-order chi connectivity index (χ0) is 22.6. The fraction of sp³-hybridized carbons (Fsp3) is 0.269. The first-order valence-corrected chi connectivity index (χ1v) is 13.2. The molecular formula is C26H25N3O2S2. The number of rotatable bonds is 7. The number of aromatic amines is 1. The maximum absolute atomic E-state index is 12.7. The molecule has 0 saturated carbocycles. The number of carbonyl (C=O) groups is 1. The summed E-state index contributed by atoms with van der Waals surface area (Å²) in [7, 11) is 0. The van der Waals surface area contributed by atoms with Gasteiger partial charge in [0.1, 0.15) is 10.7 Å². The van der Waals surface area contributed by atoms with E-state index in [0.717, 1.165) is 46.3 Å². The molecular weight excluding hydrogens is 450 g/mol. The lowest BCUT2D eigenvalue weighted by molar-refractivity contribution is -0.115. The van der Waals surface area contributed by atoms with Crippen molar-refractivity contribution in [2.45, 2.75) is 37.9 Å². The quantitative estimate of drug-likeness (QED) is 0.332. The van der Waals surface area contributed by atoms with Crippen molar-refractivity contribution in [2.75, 3.05) is 11.1 Å². The molecule has 0 unspecified atom stereocenters. The van der Waals surface area contributed by atoms with Gasteiger partial charge in [0.05, 0.1) is 11.1 Å². The van der Waals surface area contributed by atoms with Crippen molar-refractivity contribution in [1.29, 1.82) is 0 Å². The second-order valence-corrected chi connectivity index (χ2v) is 10.4. The maximum atomic E-state index is 12.7. The van der Waals surface area contributed by atoms with Gasteiger partial charge in [-0.2, -0.15) is 11.8 Å². The molecule has 0 saturated heterocycles. The standard InChI is InChI=1S/C26H25N3O2S2/c30-23(27-20-12-6-4-10-18(20)17-8-2-1-3-9-17)14-15-32-16-22-28-25(31)24-19-11-5-7-13-21(19)33-26(24)29-22/h1-4,6,8-10,12H,5,7,11,13-16H2,(H,27,30)(H,28,29,31). The zero-order valence-electron chi connectivity index (χ0n) is 18.2. The smallest absolute Gasteiger partial charge is 0.259 e. The summed E-state index contributed by atoms with van der Waals surface area (Å²) in [6.07, 6.45) is 4.78. The van der Waals surface area contributed by atoms with Crippen molar-refractivity contribution in [3.63, 3.8) is 0 Å². The van der Waals surface area contributed by atoms with Crippen LogP contribution >= 0.6 is 23.1 Å². The highest BCUT2D eigenvalue weighted by atomic mass is 32.2. The highest BCUT2D eigenvalue weighted by Gasteiger charge is 2.19. The van der Waals surface area contributed by atoms with Crippen LogP contribution < -0.4 is 10.9 Å². The Kier molecular flexibility index (Phi) is 6.60. The summed E-state index contributed by atoms with van der Waals surface area (Å²) >= 11 is 3.28. The van der Waals surface area contributed by atoms with Gasteiger partial charge in [0, 0.05) is 28.3 Å². The van der Waals surface area contributed by atoms with Gasteiger partial charge in [0.15, 0.2) is 0 Å². The molecule has 168 valence electrons. The third kappa shape index (κ3) is 4.89. The Labute approximate surface area is 200 Å². The second-order valence-electron chi connectivity index (χ2n) is 8.17. The van der Waals surface area contributed by atoms with Crippen LogP contribution in [-0.2, 0) is 23.4 Å². The van der Waals surface area contributed by atoms with Crippen LogP contribution in [-0.4, -0.2) is 21.6 Å². The van der Waals surface area contributed by atoms with E-state index in [0.29, 0.717) is 23.8 Å². The first-order valence-electron chi connectivity index (χ1n) is 11.2. The van der Waals surface area contributed by atoms with Gasteiger partial charge in [-0.3, -0.25) is 9.59 Å². The molecule has 0 atom stereocenters. The number of H-pyrrole nitrogens is 1. The van der Waals surface area contributed by atoms with E-state index in [-0.39, 0.29) is 11.5 Å². The van der Waals surface area contributed by atoms with Crippen molar-refractivity contribution in [1.82, 2.24) is 9.97 Å². The summed E-state index contributed by atoms with van der Waals surface area (Å²) in [5, 5.41) is 3.84. The average Bonchev–Trinajstić information content (AvgIpc) is 3.22. The van der Waals surface area contributed by atoms with E-state index in [1.807, 2.05) is 54.6 Å². The minimum atomic E-state index is -0.0229. The predicted octanol–water partition coefficient (Wildman–Crippen LogP) is 5.79. The third-order valence-electron chi connectivity index (χ3n) is 5.87. The molecule has 33 heavy (non-hydrogen) atoms. The Hall–Kier alpha value is -2.90. The van der Waals surface area contributed by atoms with E-state index in [1.54, 1.807) is 23.1 Å². The molecule has 1 aliphatic rings. The van der Waals surface area contributed by atoms with Gasteiger partial charge in [-0.05, 0) is 42.9 Å². The van der Waals surface area contributed by atoms with Crippen LogP contribution in [0.3, 0.4) is 0 Å². The lowest BCUT2D eigenvalue weighted by Crippen LogP contribution is -2.14. The molecule has 5 nitrogen and oxygen atoms in total. The molecule has 1 amide bonds. The highest BCUT2D eigenvalue weighted by molar-refractivity contribution is 7.98. The van der Waals surface area contributed by atoms with Crippen LogP contribution in [0.4, 0.5) is 5.69 Å². The molecule has 2 aromatic carbocycles. The van der Waals surface area contributed by atoms with E-state index in [4.69, 9.17) is 4.98 Å². The molecule has 2 aromatic heterocycles. The van der Waals surface area contributed by atoms with Crippen molar-refractivity contribution in [3.05, 3.63) is 81.2 Å². The van der Waals surface area contributed by atoms with Gasteiger partial charge in [-0.1, -0.05) is 48.5 Å². The van der Waals surface area contributed by atoms with Gasteiger partial charge >= 0.3 is 0 Å². The Bertz CT molecular complexity index is 1340. The van der Waals surface area contributed by atoms with E-state index in [1.165, 1.54) is 16.9 Å². The van der Waals surface area contributed by atoms with Gasteiger partial charge in [0.2, 0.25) is 5.91 Å². The summed E-state index contributed by atoms with van der Waals surface area (Å²) < 4.78 is 0. The molecule has 0 radical (unpaired) electrons. The number of amides is 1. The van der Waals surface area contributed by atoms with Gasteiger partial charge < -0.3 is 10.3 Å². The molecule has 0 bridgehead atoms. The third-order valence-corrected chi connectivity index (χ3v) is 8.03. The number of hydrogen-bond donors (Lipinski definition) is 2. The van der Waals surface area contributed by atoms with E-state index >= 15 is 0 Å². The van der Waals surface area contributed by atoms with Gasteiger partial charge in [-0.25, -0.2) is 4.98 Å². The molecule has 0 fully saturated rings. The minimum Gasteiger partial charge on any atom is -0.325 e. The van der Waals surface area contributed by atoms with Gasteiger partial charge in [0.25, 0.3) is 5.56 Å². The number of aryl methyl sites for hydroxylation is 2. The number of thioether (sulfide) groups is 1. The van der Waals surface area contributed by atoms with E-state index < -0.39 is 0 Å². The second kappa shape index (κ2) is 9.93. The maximum Gasteiger partial charge on any atom is 0.259 e. The molecule has 2 N–H and O–H groups in total. The number of nitrogens with zero attached hydrogens (tertiary/aromatic N) is 1.